The van der Waals surface area contributed by atoms with E-state index in [1.807, 2.05) is 36.0 Å². The van der Waals surface area contributed by atoms with Crippen molar-refractivity contribution >= 4 is 28.9 Å². The number of carbonyl (C=O) groups excluding carboxylic acids is 1. The van der Waals surface area contributed by atoms with Crippen molar-refractivity contribution in [2.75, 3.05) is 17.7 Å². The summed E-state index contributed by atoms with van der Waals surface area (Å²) in [6, 6.07) is 4.39. The fourth-order valence-electron chi connectivity index (χ4n) is 3.70. The van der Waals surface area contributed by atoms with Crippen LogP contribution in [0.3, 0.4) is 0 Å². The van der Waals surface area contributed by atoms with Crippen molar-refractivity contribution in [1.29, 1.82) is 0 Å². The van der Waals surface area contributed by atoms with Gasteiger partial charge in [-0.15, -0.1) is 0 Å². The second kappa shape index (κ2) is 7.81. The fourth-order valence-corrected chi connectivity index (χ4v) is 3.70. The summed E-state index contributed by atoms with van der Waals surface area (Å²) in [7, 11) is 1.98. The van der Waals surface area contributed by atoms with Gasteiger partial charge >= 0.3 is 0 Å². The predicted octanol–water partition coefficient (Wildman–Crippen LogP) is 1.91. The number of pyridine rings is 1. The van der Waals surface area contributed by atoms with E-state index in [0.29, 0.717) is 17.7 Å². The molecule has 1 aliphatic rings. The molecule has 3 aromatic heterocycles. The maximum absolute atomic E-state index is 11.8. The van der Waals surface area contributed by atoms with Gasteiger partial charge in [0.1, 0.15) is 11.5 Å². The third kappa shape index (κ3) is 3.74. The second-order valence-corrected chi connectivity index (χ2v) is 6.98. The zero-order valence-corrected chi connectivity index (χ0v) is 15.7. The Bertz CT molecular complexity index is 985. The Balaban J connectivity index is 1.60. The summed E-state index contributed by atoms with van der Waals surface area (Å²) in [5.41, 5.74) is 7.18. The highest BCUT2D eigenvalue weighted by Gasteiger charge is 2.24. The van der Waals surface area contributed by atoms with Gasteiger partial charge in [-0.25, -0.2) is 15.0 Å². The minimum atomic E-state index is -0.629. The molecule has 4 rings (SSSR count). The van der Waals surface area contributed by atoms with Crippen LogP contribution in [0.1, 0.15) is 36.2 Å². The smallest absolute Gasteiger partial charge is 0.271 e. The van der Waals surface area contributed by atoms with E-state index < -0.39 is 5.91 Å². The number of likely N-dealkylation sites (N-methyl/N-ethyl adjacent to an activating group) is 1. The number of anilines is 3. The Morgan fingerprint density at radius 2 is 2.04 bits per heavy atom. The van der Waals surface area contributed by atoms with E-state index in [-0.39, 0.29) is 11.7 Å². The van der Waals surface area contributed by atoms with Crippen LogP contribution in [-0.4, -0.2) is 44.4 Å². The van der Waals surface area contributed by atoms with Gasteiger partial charge in [-0.2, -0.15) is 0 Å². The van der Waals surface area contributed by atoms with Crippen LogP contribution in [0.5, 0.6) is 0 Å². The molecule has 1 aliphatic carbocycles. The van der Waals surface area contributed by atoms with E-state index in [1.54, 1.807) is 12.4 Å². The number of nitrogens with zero attached hydrogens (tertiary/aromatic N) is 4. The summed E-state index contributed by atoms with van der Waals surface area (Å²) in [4.78, 5) is 24.9. The molecule has 28 heavy (non-hydrogen) atoms. The Kier molecular flexibility index (Phi) is 5.07. The minimum absolute atomic E-state index is 0.102. The molecule has 0 spiro atoms. The number of hydrogen-bond donors (Lipinski definition) is 4. The first-order valence-electron chi connectivity index (χ1n) is 9.44. The topological polar surface area (TPSA) is 122 Å². The summed E-state index contributed by atoms with van der Waals surface area (Å²) in [6.07, 6.45) is 11.6. The lowest BCUT2D eigenvalue weighted by Gasteiger charge is -2.32. The molecule has 3 aromatic rings. The zero-order chi connectivity index (χ0) is 19.5. The lowest BCUT2D eigenvalue weighted by atomic mass is 9.90. The van der Waals surface area contributed by atoms with Crippen LogP contribution in [0, 0.1) is 0 Å². The highest BCUT2D eigenvalue weighted by Crippen LogP contribution is 2.24. The standard InChI is InChI=1S/C19H24N8O/c1-21-13-4-2-3-5-14(13)25-15-10-23-17(18(20)28)19(26-15)24-12-6-7-16-22-8-9-27(16)11-12/h6-11,13-14,21H,2-5H2,1H3,(H2,20,28)(H2,24,25,26)/t13-,14+/m0/s1. The SMILES string of the molecule is CN[C@H]1CCCC[C@H]1Nc1cnc(C(N)=O)c(Nc2ccc3nccn3c2)n1. The number of carbonyl (C=O) groups is 1. The Morgan fingerprint density at radius 3 is 2.82 bits per heavy atom. The molecule has 9 nitrogen and oxygen atoms in total. The number of rotatable bonds is 6. The van der Waals surface area contributed by atoms with Gasteiger partial charge in [0, 0.05) is 30.7 Å². The van der Waals surface area contributed by atoms with Crippen LogP contribution >= 0.6 is 0 Å². The van der Waals surface area contributed by atoms with Crippen LogP contribution in [0.4, 0.5) is 17.3 Å². The first kappa shape index (κ1) is 18.2. The van der Waals surface area contributed by atoms with E-state index in [9.17, 15) is 4.79 Å². The van der Waals surface area contributed by atoms with Crippen molar-refractivity contribution in [3.8, 4) is 0 Å². The number of hydrogen-bond acceptors (Lipinski definition) is 7. The van der Waals surface area contributed by atoms with Crippen molar-refractivity contribution in [3.05, 3.63) is 42.6 Å². The van der Waals surface area contributed by atoms with Crippen molar-refractivity contribution < 1.29 is 4.79 Å². The molecule has 1 fully saturated rings. The molecule has 5 N–H and O–H groups in total. The highest BCUT2D eigenvalue weighted by atomic mass is 16.1. The average molecular weight is 380 g/mol. The molecule has 1 saturated carbocycles. The molecule has 2 atom stereocenters. The monoisotopic (exact) mass is 380 g/mol. The number of fused-ring (bicyclic) bond motifs is 1. The molecule has 0 aliphatic heterocycles. The Labute approximate surface area is 162 Å². The van der Waals surface area contributed by atoms with Gasteiger partial charge in [-0.3, -0.25) is 4.79 Å². The van der Waals surface area contributed by atoms with E-state index >= 15 is 0 Å². The fraction of sp³-hybridized carbons (Fsp3) is 0.368. The molecular formula is C19H24N8O. The van der Waals surface area contributed by atoms with E-state index in [0.717, 1.165) is 24.2 Å². The number of nitrogens with one attached hydrogen (secondary N) is 3. The summed E-state index contributed by atoms with van der Waals surface area (Å²) in [6.45, 7) is 0. The molecule has 0 unspecified atom stereocenters. The van der Waals surface area contributed by atoms with Gasteiger partial charge in [0.05, 0.1) is 11.9 Å². The van der Waals surface area contributed by atoms with E-state index in [4.69, 9.17) is 5.73 Å². The summed E-state index contributed by atoms with van der Waals surface area (Å²) in [5.74, 6) is 0.313. The lowest BCUT2D eigenvalue weighted by molar-refractivity contribution is 0.0996. The predicted molar refractivity (Wildman–Crippen MR) is 108 cm³/mol. The second-order valence-electron chi connectivity index (χ2n) is 6.98. The van der Waals surface area contributed by atoms with Crippen LogP contribution < -0.4 is 21.7 Å². The van der Waals surface area contributed by atoms with Crippen molar-refractivity contribution in [2.24, 2.45) is 5.73 Å². The largest absolute Gasteiger partial charge is 0.364 e. The van der Waals surface area contributed by atoms with Crippen LogP contribution in [0.25, 0.3) is 5.65 Å². The van der Waals surface area contributed by atoms with Gasteiger partial charge in [0.25, 0.3) is 5.91 Å². The van der Waals surface area contributed by atoms with Crippen LogP contribution in [-0.2, 0) is 0 Å². The third-order valence-electron chi connectivity index (χ3n) is 5.13. The molecule has 1 amide bonds. The quantitative estimate of drug-likeness (QED) is 0.515. The first-order chi connectivity index (χ1) is 13.6. The van der Waals surface area contributed by atoms with Crippen LogP contribution in [0.2, 0.25) is 0 Å². The number of primary amides is 1. The number of amides is 1. The molecule has 0 radical (unpaired) electrons. The first-order valence-corrected chi connectivity index (χ1v) is 9.44. The molecule has 0 bridgehead atoms. The molecular weight excluding hydrogens is 356 g/mol. The van der Waals surface area contributed by atoms with E-state index in [1.165, 1.54) is 12.8 Å². The molecule has 146 valence electrons. The molecule has 0 aromatic carbocycles. The van der Waals surface area contributed by atoms with Gasteiger partial charge in [0.2, 0.25) is 0 Å². The Morgan fingerprint density at radius 1 is 1.21 bits per heavy atom. The van der Waals surface area contributed by atoms with Crippen LogP contribution in [0.15, 0.2) is 36.9 Å². The van der Waals surface area contributed by atoms with Crippen molar-refractivity contribution in [1.82, 2.24) is 24.7 Å². The molecule has 3 heterocycles. The number of nitrogens with two attached hydrogens (primary N) is 1. The van der Waals surface area contributed by atoms with Gasteiger partial charge in [-0.1, -0.05) is 12.8 Å². The van der Waals surface area contributed by atoms with Gasteiger partial charge in [-0.05, 0) is 32.0 Å². The summed E-state index contributed by atoms with van der Waals surface area (Å²) in [5, 5.41) is 9.98. The van der Waals surface area contributed by atoms with Crippen molar-refractivity contribution in [2.45, 2.75) is 37.8 Å². The number of aromatic nitrogens is 4. The third-order valence-corrected chi connectivity index (χ3v) is 5.13. The Hall–Kier alpha value is -3.20. The zero-order valence-electron chi connectivity index (χ0n) is 15.7. The lowest BCUT2D eigenvalue weighted by Crippen LogP contribution is -2.44. The van der Waals surface area contributed by atoms with E-state index in [2.05, 4.69) is 30.9 Å². The average Bonchev–Trinajstić information content (AvgIpc) is 3.16. The minimum Gasteiger partial charge on any atom is -0.364 e. The molecule has 0 saturated heterocycles. The maximum atomic E-state index is 11.8. The normalized spacial score (nSPS) is 19.5. The number of imidazole rings is 1. The molecule has 9 heteroatoms. The highest BCUT2D eigenvalue weighted by molar-refractivity contribution is 5.96. The van der Waals surface area contributed by atoms with Gasteiger partial charge < -0.3 is 26.1 Å². The van der Waals surface area contributed by atoms with Crippen molar-refractivity contribution in [3.63, 3.8) is 0 Å². The maximum Gasteiger partial charge on any atom is 0.271 e. The summed E-state index contributed by atoms with van der Waals surface area (Å²) >= 11 is 0. The van der Waals surface area contributed by atoms with Gasteiger partial charge in [0.15, 0.2) is 11.5 Å². The summed E-state index contributed by atoms with van der Waals surface area (Å²) < 4.78 is 1.88.